The molecule has 23 heavy (non-hydrogen) atoms. The maximum absolute atomic E-state index is 12.6. The number of H-pyrrole nitrogens is 1. The van der Waals surface area contributed by atoms with Gasteiger partial charge in [0.1, 0.15) is 11.4 Å². The summed E-state index contributed by atoms with van der Waals surface area (Å²) in [6.45, 7) is 0. The van der Waals surface area contributed by atoms with Gasteiger partial charge in [0, 0.05) is 17.0 Å². The summed E-state index contributed by atoms with van der Waals surface area (Å²) in [6, 6.07) is 17.8. The van der Waals surface area contributed by atoms with Crippen LogP contribution in [-0.4, -0.2) is 18.0 Å². The second kappa shape index (κ2) is 5.16. The van der Waals surface area contributed by atoms with E-state index in [1.807, 2.05) is 42.5 Å². The topological polar surface area (TPSA) is 54.1 Å². The molecule has 116 valence electrons. The van der Waals surface area contributed by atoms with Crippen molar-refractivity contribution in [2.24, 2.45) is 0 Å². The van der Waals surface area contributed by atoms with E-state index >= 15 is 0 Å². The summed E-state index contributed by atoms with van der Waals surface area (Å²) in [4.78, 5) is 15.8. The van der Waals surface area contributed by atoms with Crippen molar-refractivity contribution in [2.75, 3.05) is 7.11 Å². The summed E-state index contributed by atoms with van der Waals surface area (Å²) in [5.74, 6) is 0.704. The lowest BCUT2D eigenvalue weighted by Gasteiger charge is -2.17. The van der Waals surface area contributed by atoms with Gasteiger partial charge in [0.15, 0.2) is 0 Å². The number of methoxy groups -OCH3 is 1. The van der Waals surface area contributed by atoms with Gasteiger partial charge in [0.05, 0.1) is 12.6 Å². The molecule has 1 aliphatic carbocycles. The molecule has 0 radical (unpaired) electrons. The van der Waals surface area contributed by atoms with Crippen molar-refractivity contribution in [1.82, 2.24) is 10.3 Å². The minimum atomic E-state index is -0.201. The molecule has 4 heteroatoms. The highest BCUT2D eigenvalue weighted by molar-refractivity contribution is 5.98. The lowest BCUT2D eigenvalue weighted by Crippen LogP contribution is -2.34. The van der Waals surface area contributed by atoms with Crippen molar-refractivity contribution in [3.63, 3.8) is 0 Å². The largest absolute Gasteiger partial charge is 0.497 e. The second-order valence-corrected chi connectivity index (χ2v) is 6.04. The van der Waals surface area contributed by atoms with Gasteiger partial charge in [-0.05, 0) is 36.6 Å². The third kappa shape index (κ3) is 2.46. The van der Waals surface area contributed by atoms with Gasteiger partial charge in [-0.2, -0.15) is 0 Å². The summed E-state index contributed by atoms with van der Waals surface area (Å²) in [5.41, 5.74) is 2.45. The van der Waals surface area contributed by atoms with Gasteiger partial charge in [-0.15, -0.1) is 0 Å². The number of nitrogens with one attached hydrogen (secondary N) is 2. The van der Waals surface area contributed by atoms with E-state index in [2.05, 4.69) is 22.4 Å². The fourth-order valence-corrected chi connectivity index (χ4v) is 3.01. The standard InChI is InChI=1S/C19H18N2O2/c1-23-15-8-7-13-11-17(20-16(13)12-15)18(22)21-19(9-10-19)14-5-3-2-4-6-14/h2-8,11-12,20H,9-10H2,1H3,(H,21,22). The number of fused-ring (bicyclic) bond motifs is 1. The van der Waals surface area contributed by atoms with Crippen molar-refractivity contribution >= 4 is 16.8 Å². The Bertz CT molecular complexity index is 863. The Morgan fingerprint density at radius 2 is 1.91 bits per heavy atom. The predicted octanol–water partition coefficient (Wildman–Crippen LogP) is 3.60. The quantitative estimate of drug-likeness (QED) is 0.774. The molecule has 1 amide bonds. The monoisotopic (exact) mass is 306 g/mol. The minimum absolute atomic E-state index is 0.0680. The second-order valence-electron chi connectivity index (χ2n) is 6.04. The molecule has 3 aromatic rings. The zero-order valence-electron chi connectivity index (χ0n) is 12.9. The third-order valence-corrected chi connectivity index (χ3v) is 4.50. The van der Waals surface area contributed by atoms with E-state index in [1.54, 1.807) is 7.11 Å². The van der Waals surface area contributed by atoms with Gasteiger partial charge in [0.2, 0.25) is 0 Å². The van der Waals surface area contributed by atoms with Gasteiger partial charge >= 0.3 is 0 Å². The van der Waals surface area contributed by atoms with Crippen molar-refractivity contribution in [1.29, 1.82) is 0 Å². The lowest BCUT2D eigenvalue weighted by molar-refractivity contribution is 0.0926. The Kier molecular flexibility index (Phi) is 3.11. The highest BCUT2D eigenvalue weighted by Gasteiger charge is 2.45. The van der Waals surface area contributed by atoms with Crippen LogP contribution in [0.5, 0.6) is 5.75 Å². The van der Waals surface area contributed by atoms with Crippen molar-refractivity contribution in [2.45, 2.75) is 18.4 Å². The molecule has 2 N–H and O–H groups in total. The molecule has 0 bridgehead atoms. The first-order valence-electron chi connectivity index (χ1n) is 7.75. The third-order valence-electron chi connectivity index (χ3n) is 4.50. The molecular weight excluding hydrogens is 288 g/mol. The zero-order chi connectivity index (χ0) is 15.9. The molecule has 1 aliphatic rings. The number of aromatic amines is 1. The van der Waals surface area contributed by atoms with Gasteiger partial charge in [-0.3, -0.25) is 4.79 Å². The summed E-state index contributed by atoms with van der Waals surface area (Å²) in [7, 11) is 1.63. The van der Waals surface area contributed by atoms with Gasteiger partial charge in [-0.1, -0.05) is 30.3 Å². The molecule has 1 aromatic heterocycles. The average molecular weight is 306 g/mol. The van der Waals surface area contributed by atoms with Crippen LogP contribution in [0.25, 0.3) is 10.9 Å². The van der Waals surface area contributed by atoms with Crippen molar-refractivity contribution in [3.8, 4) is 5.75 Å². The number of amides is 1. The number of hydrogen-bond acceptors (Lipinski definition) is 2. The van der Waals surface area contributed by atoms with Crippen LogP contribution in [0.3, 0.4) is 0 Å². The van der Waals surface area contributed by atoms with E-state index in [-0.39, 0.29) is 11.4 Å². The zero-order valence-corrected chi connectivity index (χ0v) is 12.9. The van der Waals surface area contributed by atoms with Crippen LogP contribution in [0.1, 0.15) is 28.9 Å². The van der Waals surface area contributed by atoms with E-state index in [1.165, 1.54) is 5.56 Å². The summed E-state index contributed by atoms with van der Waals surface area (Å²) < 4.78 is 5.22. The first-order valence-corrected chi connectivity index (χ1v) is 7.75. The van der Waals surface area contributed by atoms with Crippen LogP contribution in [0.15, 0.2) is 54.6 Å². The fraction of sp³-hybridized carbons (Fsp3) is 0.211. The molecule has 0 aliphatic heterocycles. The number of carbonyl (C=O) groups is 1. The van der Waals surface area contributed by atoms with Crippen LogP contribution < -0.4 is 10.1 Å². The van der Waals surface area contributed by atoms with Crippen LogP contribution in [0, 0.1) is 0 Å². The Balaban J connectivity index is 1.60. The van der Waals surface area contributed by atoms with Crippen LogP contribution >= 0.6 is 0 Å². The van der Waals surface area contributed by atoms with E-state index in [0.29, 0.717) is 5.69 Å². The van der Waals surface area contributed by atoms with Crippen LogP contribution in [-0.2, 0) is 5.54 Å². The molecular formula is C19H18N2O2. The first-order chi connectivity index (χ1) is 11.2. The molecule has 4 nitrogen and oxygen atoms in total. The van der Waals surface area contributed by atoms with Crippen molar-refractivity contribution < 1.29 is 9.53 Å². The number of rotatable bonds is 4. The van der Waals surface area contributed by atoms with Crippen LogP contribution in [0.2, 0.25) is 0 Å². The van der Waals surface area contributed by atoms with E-state index < -0.39 is 0 Å². The van der Waals surface area contributed by atoms with E-state index in [4.69, 9.17) is 4.74 Å². The molecule has 0 unspecified atom stereocenters. The minimum Gasteiger partial charge on any atom is -0.497 e. The number of benzene rings is 2. The van der Waals surface area contributed by atoms with Gasteiger partial charge in [0.25, 0.3) is 5.91 Å². The Morgan fingerprint density at radius 3 is 2.61 bits per heavy atom. The highest BCUT2D eigenvalue weighted by atomic mass is 16.5. The molecule has 0 saturated heterocycles. The molecule has 2 aromatic carbocycles. The van der Waals surface area contributed by atoms with E-state index in [9.17, 15) is 4.79 Å². The van der Waals surface area contributed by atoms with Crippen LogP contribution in [0.4, 0.5) is 0 Å². The number of carbonyl (C=O) groups excluding carboxylic acids is 1. The molecule has 0 atom stereocenters. The Morgan fingerprint density at radius 1 is 1.13 bits per heavy atom. The Hall–Kier alpha value is -2.75. The average Bonchev–Trinajstić information content (AvgIpc) is 3.24. The number of hydrogen-bond donors (Lipinski definition) is 2. The SMILES string of the molecule is COc1ccc2cc(C(=O)NC3(c4ccccc4)CC3)[nH]c2c1. The smallest absolute Gasteiger partial charge is 0.268 e. The lowest BCUT2D eigenvalue weighted by atomic mass is 10.0. The summed E-state index contributed by atoms with van der Waals surface area (Å²) >= 11 is 0. The molecule has 1 heterocycles. The number of ether oxygens (including phenoxy) is 1. The summed E-state index contributed by atoms with van der Waals surface area (Å²) in [6.07, 6.45) is 1.97. The van der Waals surface area contributed by atoms with E-state index in [0.717, 1.165) is 29.5 Å². The van der Waals surface area contributed by atoms with Gasteiger partial charge in [-0.25, -0.2) is 0 Å². The maximum Gasteiger partial charge on any atom is 0.268 e. The predicted molar refractivity (Wildman–Crippen MR) is 89.7 cm³/mol. The van der Waals surface area contributed by atoms with Crippen molar-refractivity contribution in [3.05, 3.63) is 65.9 Å². The normalized spacial score (nSPS) is 15.3. The summed E-state index contributed by atoms with van der Waals surface area (Å²) in [5, 5.41) is 4.19. The molecule has 0 spiro atoms. The molecule has 1 fully saturated rings. The fourth-order valence-electron chi connectivity index (χ4n) is 3.01. The highest BCUT2D eigenvalue weighted by Crippen LogP contribution is 2.45. The van der Waals surface area contributed by atoms with Gasteiger partial charge < -0.3 is 15.0 Å². The maximum atomic E-state index is 12.6. The Labute approximate surface area is 134 Å². The first kappa shape index (κ1) is 13.9. The number of aromatic nitrogens is 1. The molecule has 4 rings (SSSR count). The molecule has 1 saturated carbocycles.